The van der Waals surface area contributed by atoms with Gasteiger partial charge >= 0.3 is 0 Å². The molecule has 2 rings (SSSR count). The number of fused-ring (bicyclic) bond motifs is 1. The number of nitrogens with zero attached hydrogens (tertiary/aromatic N) is 4. The molecule has 4 heteroatoms. The molecule has 0 N–H and O–H groups in total. The summed E-state index contributed by atoms with van der Waals surface area (Å²) in [4.78, 5) is 8.20. The molecule has 0 radical (unpaired) electrons. The molecule has 0 amide bonds. The Bertz CT molecular complexity index is 418. The fraction of sp³-hybridized carbons (Fsp3) is 0.444. The van der Waals surface area contributed by atoms with Crippen molar-refractivity contribution in [3.63, 3.8) is 0 Å². The zero-order chi connectivity index (χ0) is 9.26. The first-order valence-corrected chi connectivity index (χ1v) is 4.44. The first-order chi connectivity index (χ1) is 6.33. The van der Waals surface area contributed by atoms with Crippen molar-refractivity contribution >= 4 is 11.0 Å². The van der Waals surface area contributed by atoms with E-state index in [2.05, 4.69) is 22.0 Å². The average Bonchev–Trinajstić information content (AvgIpc) is 2.46. The van der Waals surface area contributed by atoms with E-state index in [-0.39, 0.29) is 0 Å². The van der Waals surface area contributed by atoms with Crippen LogP contribution in [0.2, 0.25) is 0 Å². The van der Waals surface area contributed by atoms with Crippen LogP contribution in [0.15, 0.2) is 12.5 Å². The van der Waals surface area contributed by atoms with Crippen LogP contribution in [0.25, 0.3) is 11.0 Å². The van der Waals surface area contributed by atoms with E-state index in [0.29, 0.717) is 0 Å². The number of hydrogen-bond donors (Lipinski definition) is 0. The topological polar surface area (TPSA) is 43.6 Å². The summed E-state index contributed by atoms with van der Waals surface area (Å²) < 4.78 is 1.83. The third kappa shape index (κ3) is 1.28. The zero-order valence-electron chi connectivity index (χ0n) is 7.86. The summed E-state index contributed by atoms with van der Waals surface area (Å²) in [5.74, 6) is 0. The van der Waals surface area contributed by atoms with Crippen molar-refractivity contribution in [2.75, 3.05) is 0 Å². The van der Waals surface area contributed by atoms with Crippen molar-refractivity contribution in [3.05, 3.63) is 18.2 Å². The first kappa shape index (κ1) is 8.16. The van der Waals surface area contributed by atoms with Gasteiger partial charge in [0.1, 0.15) is 17.4 Å². The minimum Gasteiger partial charge on any atom is -0.264 e. The highest BCUT2D eigenvalue weighted by Gasteiger charge is 2.07. The van der Waals surface area contributed by atoms with Crippen LogP contribution in [0, 0.1) is 0 Å². The van der Waals surface area contributed by atoms with Gasteiger partial charge in [0.25, 0.3) is 0 Å². The van der Waals surface area contributed by atoms with Crippen LogP contribution in [-0.4, -0.2) is 19.7 Å². The van der Waals surface area contributed by atoms with E-state index in [1.807, 2.05) is 11.7 Å². The van der Waals surface area contributed by atoms with Crippen molar-refractivity contribution in [1.82, 2.24) is 19.7 Å². The molecule has 0 aliphatic rings. The second-order valence-corrected chi connectivity index (χ2v) is 3.08. The van der Waals surface area contributed by atoms with Crippen molar-refractivity contribution in [1.29, 1.82) is 0 Å². The van der Waals surface area contributed by atoms with Gasteiger partial charge in [0, 0.05) is 7.05 Å². The van der Waals surface area contributed by atoms with E-state index in [1.54, 1.807) is 12.5 Å². The van der Waals surface area contributed by atoms with Crippen LogP contribution in [0.3, 0.4) is 0 Å². The SMILES string of the molecule is CCCc1nn(C)c2cncnc12. The highest BCUT2D eigenvalue weighted by molar-refractivity contribution is 5.76. The summed E-state index contributed by atoms with van der Waals surface area (Å²) >= 11 is 0. The largest absolute Gasteiger partial charge is 0.264 e. The number of aryl methyl sites for hydroxylation is 2. The summed E-state index contributed by atoms with van der Waals surface area (Å²) in [5, 5.41) is 4.39. The molecule has 4 nitrogen and oxygen atoms in total. The van der Waals surface area contributed by atoms with Gasteiger partial charge in [-0.1, -0.05) is 13.3 Å². The molecule has 0 aliphatic heterocycles. The fourth-order valence-corrected chi connectivity index (χ4v) is 1.47. The van der Waals surface area contributed by atoms with Gasteiger partial charge in [-0.25, -0.2) is 9.97 Å². The normalized spacial score (nSPS) is 10.9. The van der Waals surface area contributed by atoms with Gasteiger partial charge in [0.2, 0.25) is 0 Å². The van der Waals surface area contributed by atoms with E-state index in [1.165, 1.54) is 0 Å². The van der Waals surface area contributed by atoms with E-state index in [0.717, 1.165) is 29.6 Å². The lowest BCUT2D eigenvalue weighted by atomic mass is 10.2. The van der Waals surface area contributed by atoms with E-state index in [4.69, 9.17) is 0 Å². The molecule has 0 saturated heterocycles. The lowest BCUT2D eigenvalue weighted by molar-refractivity contribution is 0.752. The summed E-state index contributed by atoms with van der Waals surface area (Å²) in [6.45, 7) is 2.14. The highest BCUT2D eigenvalue weighted by Crippen LogP contribution is 2.14. The van der Waals surface area contributed by atoms with Crippen molar-refractivity contribution in [3.8, 4) is 0 Å². The Morgan fingerprint density at radius 3 is 3.08 bits per heavy atom. The summed E-state index contributed by atoms with van der Waals surface area (Å²) in [6.07, 6.45) is 5.45. The Morgan fingerprint density at radius 1 is 1.46 bits per heavy atom. The molecule has 2 aromatic rings. The van der Waals surface area contributed by atoms with Gasteiger partial charge in [-0.3, -0.25) is 4.68 Å². The predicted molar refractivity (Wildman–Crippen MR) is 50.3 cm³/mol. The quantitative estimate of drug-likeness (QED) is 0.693. The molecule has 0 fully saturated rings. The molecule has 0 atom stereocenters. The number of aromatic nitrogens is 4. The Kier molecular flexibility index (Phi) is 1.96. The number of rotatable bonds is 2. The maximum absolute atomic E-state index is 4.39. The van der Waals surface area contributed by atoms with E-state index >= 15 is 0 Å². The fourth-order valence-electron chi connectivity index (χ4n) is 1.47. The monoisotopic (exact) mass is 176 g/mol. The van der Waals surface area contributed by atoms with Gasteiger partial charge < -0.3 is 0 Å². The second kappa shape index (κ2) is 3.12. The van der Waals surface area contributed by atoms with Gasteiger partial charge in [-0.05, 0) is 6.42 Å². The van der Waals surface area contributed by atoms with Crippen LogP contribution in [0.4, 0.5) is 0 Å². The average molecular weight is 176 g/mol. The van der Waals surface area contributed by atoms with Crippen molar-refractivity contribution < 1.29 is 0 Å². The Labute approximate surface area is 76.6 Å². The zero-order valence-corrected chi connectivity index (χ0v) is 7.86. The van der Waals surface area contributed by atoms with Gasteiger partial charge in [0.15, 0.2) is 0 Å². The molecule has 0 aromatic carbocycles. The van der Waals surface area contributed by atoms with Crippen LogP contribution in [0.5, 0.6) is 0 Å². The molecule has 0 spiro atoms. The van der Waals surface area contributed by atoms with Crippen molar-refractivity contribution in [2.24, 2.45) is 7.05 Å². The third-order valence-corrected chi connectivity index (χ3v) is 2.07. The van der Waals surface area contributed by atoms with Gasteiger partial charge in [-0.15, -0.1) is 0 Å². The standard InChI is InChI=1S/C9H12N4/c1-3-4-7-9-8(13(2)12-7)5-10-6-11-9/h5-6H,3-4H2,1-2H3. The Hall–Kier alpha value is -1.45. The van der Waals surface area contributed by atoms with Crippen LogP contribution < -0.4 is 0 Å². The molecule has 0 unspecified atom stereocenters. The van der Waals surface area contributed by atoms with E-state index in [9.17, 15) is 0 Å². The van der Waals surface area contributed by atoms with Crippen molar-refractivity contribution in [2.45, 2.75) is 19.8 Å². The maximum atomic E-state index is 4.39. The summed E-state index contributed by atoms with van der Waals surface area (Å²) in [5.41, 5.74) is 3.06. The Balaban J connectivity index is 2.63. The minimum atomic E-state index is 0.981. The van der Waals surface area contributed by atoms with Gasteiger partial charge in [-0.2, -0.15) is 5.10 Å². The predicted octanol–water partition coefficient (Wildman–Crippen LogP) is 1.32. The molecular formula is C9H12N4. The minimum absolute atomic E-state index is 0.981. The first-order valence-electron chi connectivity index (χ1n) is 4.44. The van der Waals surface area contributed by atoms with Gasteiger partial charge in [0.05, 0.1) is 11.9 Å². The van der Waals surface area contributed by atoms with Crippen LogP contribution in [-0.2, 0) is 13.5 Å². The molecular weight excluding hydrogens is 164 g/mol. The molecule has 2 heterocycles. The lowest BCUT2D eigenvalue weighted by Gasteiger charge is -1.90. The summed E-state index contributed by atoms with van der Waals surface area (Å²) in [7, 11) is 1.92. The molecule has 68 valence electrons. The second-order valence-electron chi connectivity index (χ2n) is 3.08. The highest BCUT2D eigenvalue weighted by atomic mass is 15.3. The summed E-state index contributed by atoms with van der Waals surface area (Å²) in [6, 6.07) is 0. The smallest absolute Gasteiger partial charge is 0.116 e. The van der Waals surface area contributed by atoms with Crippen LogP contribution >= 0.6 is 0 Å². The lowest BCUT2D eigenvalue weighted by Crippen LogP contribution is -1.91. The number of hydrogen-bond acceptors (Lipinski definition) is 3. The van der Waals surface area contributed by atoms with Crippen LogP contribution in [0.1, 0.15) is 19.0 Å². The Morgan fingerprint density at radius 2 is 2.31 bits per heavy atom. The molecule has 0 saturated carbocycles. The molecule has 0 bridgehead atoms. The molecule has 2 aromatic heterocycles. The molecule has 0 aliphatic carbocycles. The molecule has 13 heavy (non-hydrogen) atoms. The maximum Gasteiger partial charge on any atom is 0.116 e. The van der Waals surface area contributed by atoms with E-state index < -0.39 is 0 Å². The third-order valence-electron chi connectivity index (χ3n) is 2.07.